The van der Waals surface area contributed by atoms with E-state index < -0.39 is 11.8 Å². The van der Waals surface area contributed by atoms with Gasteiger partial charge in [-0.15, -0.1) is 0 Å². The molecule has 0 unspecified atom stereocenters. The summed E-state index contributed by atoms with van der Waals surface area (Å²) in [7, 11) is 0. The van der Waals surface area contributed by atoms with Crippen LogP contribution >= 0.6 is 27.5 Å². The molecule has 0 bridgehead atoms. The summed E-state index contributed by atoms with van der Waals surface area (Å²) >= 11 is 9.54. The van der Waals surface area contributed by atoms with Crippen LogP contribution in [0.3, 0.4) is 0 Å². The first-order valence-corrected chi connectivity index (χ1v) is 11.2. The number of benzene rings is 3. The zero-order valence-electron chi connectivity index (χ0n) is 17.8. The molecule has 3 aromatic rings. The van der Waals surface area contributed by atoms with Crippen LogP contribution in [0, 0.1) is 13.8 Å². The molecule has 0 saturated carbocycles. The van der Waals surface area contributed by atoms with Crippen molar-refractivity contribution in [2.24, 2.45) is 0 Å². The van der Waals surface area contributed by atoms with Crippen molar-refractivity contribution in [2.45, 2.75) is 13.8 Å². The van der Waals surface area contributed by atoms with E-state index in [-0.39, 0.29) is 16.6 Å². The molecule has 0 saturated heterocycles. The third-order valence-electron chi connectivity index (χ3n) is 5.15. The van der Waals surface area contributed by atoms with Gasteiger partial charge < -0.3 is 10.6 Å². The van der Waals surface area contributed by atoms with E-state index in [0.717, 1.165) is 26.2 Å². The summed E-state index contributed by atoms with van der Waals surface area (Å²) in [6, 6.07) is 19.2. The minimum Gasteiger partial charge on any atom is -0.350 e. The lowest BCUT2D eigenvalue weighted by Crippen LogP contribution is -2.32. The molecule has 2 N–H and O–H groups in total. The van der Waals surface area contributed by atoms with Crippen LogP contribution in [0.25, 0.3) is 0 Å². The number of nitrogens with zero attached hydrogens (tertiary/aromatic N) is 1. The molecule has 0 fully saturated rings. The van der Waals surface area contributed by atoms with Gasteiger partial charge in [0.2, 0.25) is 0 Å². The van der Waals surface area contributed by atoms with E-state index in [4.69, 9.17) is 11.6 Å². The maximum atomic E-state index is 13.0. The van der Waals surface area contributed by atoms with Crippen molar-refractivity contribution in [3.05, 3.63) is 98.6 Å². The lowest BCUT2D eigenvalue weighted by Gasteiger charge is -2.15. The molecule has 33 heavy (non-hydrogen) atoms. The van der Waals surface area contributed by atoms with Crippen molar-refractivity contribution in [1.29, 1.82) is 0 Å². The highest BCUT2D eigenvalue weighted by atomic mass is 79.9. The Bertz CT molecular complexity index is 1320. The fourth-order valence-electron chi connectivity index (χ4n) is 3.38. The molecule has 6 nitrogen and oxygen atoms in total. The van der Waals surface area contributed by atoms with Gasteiger partial charge in [-0.2, -0.15) is 0 Å². The van der Waals surface area contributed by atoms with Crippen molar-refractivity contribution in [3.63, 3.8) is 0 Å². The maximum absolute atomic E-state index is 13.0. The number of aryl methyl sites for hydroxylation is 2. The fourth-order valence-corrected chi connectivity index (χ4v) is 3.86. The Hall–Kier alpha value is -3.42. The number of rotatable bonds is 5. The zero-order valence-corrected chi connectivity index (χ0v) is 20.1. The molecule has 0 radical (unpaired) electrons. The van der Waals surface area contributed by atoms with E-state index in [9.17, 15) is 14.4 Å². The van der Waals surface area contributed by atoms with E-state index in [1.807, 2.05) is 32.0 Å². The highest BCUT2D eigenvalue weighted by molar-refractivity contribution is 9.10. The molecular formula is C25H19BrClN3O3. The summed E-state index contributed by atoms with van der Waals surface area (Å²) in [6.07, 6.45) is 0. The van der Waals surface area contributed by atoms with Crippen molar-refractivity contribution in [3.8, 4) is 0 Å². The van der Waals surface area contributed by atoms with Crippen LogP contribution in [-0.2, 0) is 9.59 Å². The van der Waals surface area contributed by atoms with Crippen LogP contribution in [-0.4, -0.2) is 17.7 Å². The van der Waals surface area contributed by atoms with Crippen molar-refractivity contribution < 1.29 is 14.4 Å². The number of hydrogen-bond donors (Lipinski definition) is 2. The minimum atomic E-state index is -0.615. The molecule has 4 rings (SSSR count). The van der Waals surface area contributed by atoms with Gasteiger partial charge in [-0.3, -0.25) is 14.4 Å². The van der Waals surface area contributed by atoms with Crippen LogP contribution in [0.15, 0.2) is 81.9 Å². The zero-order chi connectivity index (χ0) is 23.7. The largest absolute Gasteiger partial charge is 0.350 e. The Balaban J connectivity index is 1.55. The number of amides is 3. The van der Waals surface area contributed by atoms with Crippen LogP contribution < -0.4 is 15.5 Å². The minimum absolute atomic E-state index is 0.0447. The molecular weight excluding hydrogens is 506 g/mol. The molecule has 166 valence electrons. The second-order valence-electron chi connectivity index (χ2n) is 7.59. The smallest absolute Gasteiger partial charge is 0.283 e. The molecule has 0 atom stereocenters. The van der Waals surface area contributed by atoms with Crippen molar-refractivity contribution in [2.75, 3.05) is 15.5 Å². The summed E-state index contributed by atoms with van der Waals surface area (Å²) in [5, 5.41) is 5.60. The Morgan fingerprint density at radius 3 is 2.39 bits per heavy atom. The molecule has 0 spiro atoms. The molecule has 1 aliphatic rings. The Labute approximate surface area is 204 Å². The number of carbonyl (C=O) groups is 3. The first kappa shape index (κ1) is 22.8. The lowest BCUT2D eigenvalue weighted by molar-refractivity contribution is -0.120. The van der Waals surface area contributed by atoms with Crippen LogP contribution in [0.4, 0.5) is 17.1 Å². The van der Waals surface area contributed by atoms with Gasteiger partial charge in [0.15, 0.2) is 0 Å². The first-order valence-electron chi connectivity index (χ1n) is 10.0. The second kappa shape index (κ2) is 9.21. The third kappa shape index (κ3) is 4.69. The Morgan fingerprint density at radius 1 is 0.939 bits per heavy atom. The normalized spacial score (nSPS) is 13.5. The van der Waals surface area contributed by atoms with Crippen LogP contribution in [0.2, 0.25) is 0 Å². The van der Waals surface area contributed by atoms with E-state index in [2.05, 4.69) is 26.6 Å². The van der Waals surface area contributed by atoms with Gasteiger partial charge >= 0.3 is 0 Å². The van der Waals surface area contributed by atoms with E-state index in [0.29, 0.717) is 16.9 Å². The van der Waals surface area contributed by atoms with E-state index >= 15 is 0 Å². The summed E-state index contributed by atoms with van der Waals surface area (Å²) in [6.45, 7) is 3.87. The Morgan fingerprint density at radius 2 is 1.67 bits per heavy atom. The van der Waals surface area contributed by atoms with Crippen LogP contribution in [0.5, 0.6) is 0 Å². The highest BCUT2D eigenvalue weighted by Gasteiger charge is 2.38. The Kier molecular flexibility index (Phi) is 6.35. The molecule has 3 aromatic carbocycles. The SMILES string of the molecule is Cc1ccc(C)c(NC(=O)c2cccc(NC3=C(Cl)C(=O)N(c4ccc(Br)cc4)C3=O)c2)c1. The average Bonchev–Trinajstić information content (AvgIpc) is 3.00. The summed E-state index contributed by atoms with van der Waals surface area (Å²) in [4.78, 5) is 39.4. The molecule has 1 aliphatic heterocycles. The van der Waals surface area contributed by atoms with E-state index in [1.54, 1.807) is 48.5 Å². The summed E-state index contributed by atoms with van der Waals surface area (Å²) < 4.78 is 0.818. The van der Waals surface area contributed by atoms with Gasteiger partial charge in [-0.25, -0.2) is 4.90 Å². The number of nitrogens with one attached hydrogen (secondary N) is 2. The lowest BCUT2D eigenvalue weighted by atomic mass is 10.1. The number of carbonyl (C=O) groups excluding carboxylic acids is 3. The molecule has 1 heterocycles. The second-order valence-corrected chi connectivity index (χ2v) is 8.88. The van der Waals surface area contributed by atoms with Gasteiger partial charge in [0.1, 0.15) is 10.7 Å². The summed E-state index contributed by atoms with van der Waals surface area (Å²) in [5.74, 6) is -1.48. The van der Waals surface area contributed by atoms with Crippen molar-refractivity contribution >= 4 is 62.3 Å². The highest BCUT2D eigenvalue weighted by Crippen LogP contribution is 2.31. The average molecular weight is 525 g/mol. The number of imide groups is 1. The quantitative estimate of drug-likeness (QED) is 0.416. The van der Waals surface area contributed by atoms with Gasteiger partial charge in [0.25, 0.3) is 17.7 Å². The van der Waals surface area contributed by atoms with Crippen molar-refractivity contribution in [1.82, 2.24) is 0 Å². The fraction of sp³-hybridized carbons (Fsp3) is 0.0800. The third-order valence-corrected chi connectivity index (χ3v) is 6.03. The number of hydrogen-bond acceptors (Lipinski definition) is 4. The van der Waals surface area contributed by atoms with Gasteiger partial charge in [0.05, 0.1) is 5.69 Å². The predicted octanol–water partition coefficient (Wildman–Crippen LogP) is 5.75. The van der Waals surface area contributed by atoms with Gasteiger partial charge in [0, 0.05) is 21.4 Å². The number of anilines is 3. The van der Waals surface area contributed by atoms with Gasteiger partial charge in [-0.05, 0) is 73.5 Å². The topological polar surface area (TPSA) is 78.5 Å². The van der Waals surface area contributed by atoms with Crippen LogP contribution in [0.1, 0.15) is 21.5 Å². The van der Waals surface area contributed by atoms with E-state index in [1.165, 1.54) is 0 Å². The molecule has 0 aliphatic carbocycles. The molecule has 0 aromatic heterocycles. The molecule has 3 amide bonds. The first-order chi connectivity index (χ1) is 15.7. The maximum Gasteiger partial charge on any atom is 0.283 e. The predicted molar refractivity (Wildman–Crippen MR) is 133 cm³/mol. The standard InChI is InChI=1S/C25H19BrClN3O3/c1-14-6-7-15(2)20(12-14)29-23(31)16-4-3-5-18(13-16)28-22-21(27)24(32)30(25(22)33)19-10-8-17(26)9-11-19/h3-13,28H,1-2H3,(H,29,31). The monoisotopic (exact) mass is 523 g/mol. The number of halogens is 2. The molecule has 8 heteroatoms. The summed E-state index contributed by atoms with van der Waals surface area (Å²) in [5.41, 5.74) is 3.91. The van der Waals surface area contributed by atoms with Gasteiger partial charge in [-0.1, -0.05) is 45.7 Å².